The number of nitrogens with zero attached hydrogens (tertiary/aromatic N) is 6. The molecule has 0 radical (unpaired) electrons. The van der Waals surface area contributed by atoms with Gasteiger partial charge in [-0.05, 0) is 36.5 Å². The number of anilines is 1. The van der Waals surface area contributed by atoms with Crippen LogP contribution < -0.4 is 10.2 Å². The van der Waals surface area contributed by atoms with Gasteiger partial charge in [-0.2, -0.15) is 0 Å². The molecule has 3 heterocycles. The van der Waals surface area contributed by atoms with Crippen LogP contribution in [0.15, 0.2) is 48.8 Å². The second-order valence-corrected chi connectivity index (χ2v) is 7.56. The van der Waals surface area contributed by atoms with Gasteiger partial charge in [0.25, 0.3) is 5.17 Å². The van der Waals surface area contributed by atoms with E-state index in [0.29, 0.717) is 43.2 Å². The normalized spacial score (nSPS) is 13.9. The van der Waals surface area contributed by atoms with Crippen LogP contribution in [0, 0.1) is 5.82 Å². The Bertz CT molecular complexity index is 1110. The Hall–Kier alpha value is -3.60. The number of carbonyl (C=O) groups is 1. The Balaban J connectivity index is 1.40. The summed E-state index contributed by atoms with van der Waals surface area (Å²) in [6.45, 7) is 1.94. The van der Waals surface area contributed by atoms with Crippen molar-refractivity contribution in [1.29, 1.82) is 0 Å². The third-order valence-electron chi connectivity index (χ3n) is 5.07. The van der Waals surface area contributed by atoms with E-state index in [2.05, 4.69) is 20.6 Å². The number of piperazine rings is 1. The van der Waals surface area contributed by atoms with E-state index in [1.54, 1.807) is 34.3 Å². The Morgan fingerprint density at radius 3 is 2.84 bits per heavy atom. The van der Waals surface area contributed by atoms with Gasteiger partial charge in [0, 0.05) is 25.4 Å². The first kappa shape index (κ1) is 21.6. The minimum Gasteiger partial charge on any atom is -0.474 e. The molecule has 166 valence electrons. The van der Waals surface area contributed by atoms with Crippen LogP contribution in [-0.2, 0) is 22.6 Å². The molecular formula is C21H22FN7O2S. The number of nitrogens with one attached hydrogen (secondary N) is 1. The highest BCUT2D eigenvalue weighted by molar-refractivity contribution is 7.80. The smallest absolute Gasteiger partial charge is 0.256 e. The summed E-state index contributed by atoms with van der Waals surface area (Å²) in [5.74, 6) is -0.489. The van der Waals surface area contributed by atoms with E-state index in [1.807, 2.05) is 18.2 Å². The van der Waals surface area contributed by atoms with Crippen molar-refractivity contribution < 1.29 is 13.9 Å². The van der Waals surface area contributed by atoms with Crippen molar-refractivity contribution in [2.24, 2.45) is 0 Å². The molecule has 1 saturated heterocycles. The van der Waals surface area contributed by atoms with Crippen LogP contribution in [0.1, 0.15) is 11.4 Å². The first-order chi connectivity index (χ1) is 15.5. The number of aromatic nitrogens is 4. The van der Waals surface area contributed by atoms with Gasteiger partial charge in [0.15, 0.2) is 0 Å². The number of methoxy groups -OCH3 is 1. The van der Waals surface area contributed by atoms with E-state index in [1.165, 1.54) is 17.9 Å². The number of hydrogen-bond acceptors (Lipinski definition) is 7. The second-order valence-electron chi connectivity index (χ2n) is 7.19. The lowest BCUT2D eigenvalue weighted by molar-refractivity contribution is -0.131. The fraction of sp³-hybridized carbons (Fsp3) is 0.286. The van der Waals surface area contributed by atoms with Crippen molar-refractivity contribution in [3.8, 4) is 5.69 Å². The molecule has 1 N–H and O–H groups in total. The molecule has 0 aliphatic carbocycles. The zero-order valence-corrected chi connectivity index (χ0v) is 18.3. The number of carbonyl (C=O) groups excluding carboxylic acids is 1. The van der Waals surface area contributed by atoms with Crippen LogP contribution in [0.2, 0.25) is 0 Å². The molecule has 4 rings (SSSR count). The number of thiocarbonyl (C=S) groups is 1. The van der Waals surface area contributed by atoms with Gasteiger partial charge in [0.1, 0.15) is 11.5 Å². The second kappa shape index (κ2) is 9.69. The SMILES string of the molecule is COC(=S)NCc1cn(-c2ccc(N3CCN(Cc4ccccn4)C(=O)C3)c(F)c2)nn1. The van der Waals surface area contributed by atoms with Gasteiger partial charge < -0.3 is 19.9 Å². The quantitative estimate of drug-likeness (QED) is 0.562. The van der Waals surface area contributed by atoms with Crippen LogP contribution in [0.25, 0.3) is 5.69 Å². The van der Waals surface area contributed by atoms with Gasteiger partial charge in [-0.3, -0.25) is 9.78 Å². The Morgan fingerprint density at radius 1 is 1.25 bits per heavy atom. The molecule has 1 aromatic carbocycles. The highest BCUT2D eigenvalue weighted by Gasteiger charge is 2.26. The molecule has 1 aliphatic heterocycles. The molecular weight excluding hydrogens is 433 g/mol. The molecule has 0 spiro atoms. The van der Waals surface area contributed by atoms with Gasteiger partial charge in [0.05, 0.1) is 50.0 Å². The zero-order chi connectivity index (χ0) is 22.5. The number of amides is 1. The highest BCUT2D eigenvalue weighted by atomic mass is 32.1. The molecule has 1 aliphatic rings. The summed E-state index contributed by atoms with van der Waals surface area (Å²) in [6, 6.07) is 10.4. The summed E-state index contributed by atoms with van der Waals surface area (Å²) in [4.78, 5) is 20.4. The van der Waals surface area contributed by atoms with Gasteiger partial charge in [0.2, 0.25) is 5.91 Å². The monoisotopic (exact) mass is 455 g/mol. The average molecular weight is 456 g/mol. The third-order valence-corrected chi connectivity index (χ3v) is 5.39. The molecule has 1 amide bonds. The summed E-state index contributed by atoms with van der Waals surface area (Å²) in [5, 5.41) is 11.2. The molecule has 0 atom stereocenters. The molecule has 2 aromatic heterocycles. The van der Waals surface area contributed by atoms with E-state index in [-0.39, 0.29) is 17.6 Å². The Kier molecular flexibility index (Phi) is 6.55. The predicted molar refractivity (Wildman–Crippen MR) is 120 cm³/mol. The number of ether oxygens (including phenoxy) is 1. The van der Waals surface area contributed by atoms with Crippen LogP contribution in [0.5, 0.6) is 0 Å². The molecule has 0 unspecified atom stereocenters. The van der Waals surface area contributed by atoms with Crippen molar-refractivity contribution in [3.05, 3.63) is 66.0 Å². The average Bonchev–Trinajstić information content (AvgIpc) is 3.28. The maximum absolute atomic E-state index is 14.9. The third kappa shape index (κ3) is 4.99. The van der Waals surface area contributed by atoms with Crippen LogP contribution >= 0.6 is 12.2 Å². The zero-order valence-electron chi connectivity index (χ0n) is 17.4. The highest BCUT2D eigenvalue weighted by Crippen LogP contribution is 2.24. The topological polar surface area (TPSA) is 88.4 Å². The minimum atomic E-state index is -0.427. The minimum absolute atomic E-state index is 0.0622. The molecule has 0 bridgehead atoms. The van der Waals surface area contributed by atoms with Crippen molar-refractivity contribution >= 4 is 29.0 Å². The molecule has 32 heavy (non-hydrogen) atoms. The summed E-state index contributed by atoms with van der Waals surface area (Å²) >= 11 is 4.92. The summed E-state index contributed by atoms with van der Waals surface area (Å²) in [7, 11) is 1.48. The number of hydrogen-bond donors (Lipinski definition) is 1. The maximum atomic E-state index is 14.9. The van der Waals surface area contributed by atoms with E-state index < -0.39 is 5.82 Å². The fourth-order valence-electron chi connectivity index (χ4n) is 3.40. The summed E-state index contributed by atoms with van der Waals surface area (Å²) in [6.07, 6.45) is 3.38. The lowest BCUT2D eigenvalue weighted by Crippen LogP contribution is -2.50. The van der Waals surface area contributed by atoms with Gasteiger partial charge >= 0.3 is 0 Å². The Labute approximate surface area is 189 Å². The lowest BCUT2D eigenvalue weighted by atomic mass is 10.2. The van der Waals surface area contributed by atoms with Gasteiger partial charge in [-0.15, -0.1) is 5.10 Å². The van der Waals surface area contributed by atoms with Crippen molar-refractivity contribution in [2.45, 2.75) is 13.1 Å². The predicted octanol–water partition coefficient (Wildman–Crippen LogP) is 1.67. The van der Waals surface area contributed by atoms with Crippen LogP contribution in [0.4, 0.5) is 10.1 Å². The number of rotatable bonds is 6. The van der Waals surface area contributed by atoms with Crippen LogP contribution in [-0.4, -0.2) is 62.7 Å². The van der Waals surface area contributed by atoms with Crippen LogP contribution in [0.3, 0.4) is 0 Å². The van der Waals surface area contributed by atoms with Gasteiger partial charge in [-0.25, -0.2) is 9.07 Å². The lowest BCUT2D eigenvalue weighted by Gasteiger charge is -2.35. The molecule has 0 saturated carbocycles. The van der Waals surface area contributed by atoms with E-state index in [9.17, 15) is 9.18 Å². The van der Waals surface area contributed by atoms with E-state index in [0.717, 1.165) is 5.69 Å². The molecule has 3 aromatic rings. The van der Waals surface area contributed by atoms with Gasteiger partial charge in [-0.1, -0.05) is 11.3 Å². The molecule has 1 fully saturated rings. The first-order valence-electron chi connectivity index (χ1n) is 9.99. The van der Waals surface area contributed by atoms with Crippen molar-refractivity contribution in [2.75, 3.05) is 31.6 Å². The Morgan fingerprint density at radius 2 is 2.12 bits per heavy atom. The molecule has 9 nitrogen and oxygen atoms in total. The summed E-state index contributed by atoms with van der Waals surface area (Å²) < 4.78 is 21.3. The van der Waals surface area contributed by atoms with E-state index in [4.69, 9.17) is 17.0 Å². The molecule has 11 heteroatoms. The van der Waals surface area contributed by atoms with Crippen molar-refractivity contribution in [1.82, 2.24) is 30.2 Å². The van der Waals surface area contributed by atoms with Crippen molar-refractivity contribution in [3.63, 3.8) is 0 Å². The number of pyridine rings is 1. The summed E-state index contributed by atoms with van der Waals surface area (Å²) in [5.41, 5.74) is 2.37. The first-order valence-corrected chi connectivity index (χ1v) is 10.4. The fourth-order valence-corrected chi connectivity index (χ4v) is 3.48. The number of halogens is 1. The maximum Gasteiger partial charge on any atom is 0.256 e. The number of benzene rings is 1. The van der Waals surface area contributed by atoms with E-state index >= 15 is 0 Å². The standard InChI is InChI=1S/C21H22FN7O2S/c1-31-21(32)24-11-16-13-29(26-25-16)17-5-6-19(18(22)10-17)27-8-9-28(20(30)14-27)12-15-4-2-3-7-23-15/h2-7,10,13H,8-9,11-12,14H2,1H3,(H,24,32). The largest absolute Gasteiger partial charge is 0.474 e.